The second-order valence-corrected chi connectivity index (χ2v) is 8.27. The topological polar surface area (TPSA) is 87.3 Å². The van der Waals surface area contributed by atoms with Gasteiger partial charge < -0.3 is 16.0 Å². The molecule has 0 radical (unpaired) electrons. The molecule has 0 saturated heterocycles. The Hall–Kier alpha value is -1.59. The number of hydrogen-bond donors (Lipinski definition) is 3. The molecule has 0 bridgehead atoms. The van der Waals surface area contributed by atoms with Crippen LogP contribution < -0.4 is 16.0 Å². The highest BCUT2D eigenvalue weighted by Gasteiger charge is 2.81. The second kappa shape index (κ2) is 5.46. The van der Waals surface area contributed by atoms with Gasteiger partial charge in [-0.05, 0) is 53.3 Å². The molecular weight excluding hydrogens is 306 g/mol. The van der Waals surface area contributed by atoms with E-state index in [-0.39, 0.29) is 17.7 Å². The van der Waals surface area contributed by atoms with E-state index in [9.17, 15) is 14.4 Å². The van der Waals surface area contributed by atoms with Gasteiger partial charge >= 0.3 is 0 Å². The first-order chi connectivity index (χ1) is 11.4. The highest BCUT2D eigenvalue weighted by atomic mass is 16.2. The molecule has 4 aliphatic carbocycles. The Morgan fingerprint density at radius 3 is 0.917 bits per heavy atom. The molecule has 24 heavy (non-hydrogen) atoms. The smallest absolute Gasteiger partial charge is 0.216 e. The van der Waals surface area contributed by atoms with Gasteiger partial charge in [0.15, 0.2) is 0 Å². The van der Waals surface area contributed by atoms with Gasteiger partial charge in [-0.2, -0.15) is 0 Å². The predicted octanol–water partition coefficient (Wildman–Crippen LogP) is -0.00510. The third kappa shape index (κ3) is 2.50. The lowest BCUT2D eigenvalue weighted by Gasteiger charge is -2.03. The van der Waals surface area contributed by atoms with Crippen molar-refractivity contribution in [2.24, 2.45) is 53.3 Å². The van der Waals surface area contributed by atoms with E-state index in [1.165, 1.54) is 0 Å². The minimum Gasteiger partial charge on any atom is -0.356 e. The molecule has 0 heterocycles. The third-order valence-electron chi connectivity index (χ3n) is 6.97. The number of carbonyl (C=O) groups excluding carboxylic acids is 3. The number of hydrogen-bond acceptors (Lipinski definition) is 3. The van der Waals surface area contributed by atoms with Crippen LogP contribution in [0, 0.1) is 53.3 Å². The van der Waals surface area contributed by atoms with E-state index < -0.39 is 0 Å². The van der Waals surface area contributed by atoms with Gasteiger partial charge in [-0.15, -0.1) is 0 Å². The largest absolute Gasteiger partial charge is 0.356 e. The minimum atomic E-state index is 0.0444. The summed E-state index contributed by atoms with van der Waals surface area (Å²) < 4.78 is 0. The van der Waals surface area contributed by atoms with Gasteiger partial charge in [0.05, 0.1) is 0 Å². The van der Waals surface area contributed by atoms with Crippen molar-refractivity contribution in [3.63, 3.8) is 0 Å². The number of rotatable bonds is 6. The van der Waals surface area contributed by atoms with E-state index in [0.717, 1.165) is 19.6 Å². The molecule has 0 atom stereocenters. The van der Waals surface area contributed by atoms with Gasteiger partial charge in [0, 0.05) is 40.4 Å². The zero-order valence-electron chi connectivity index (χ0n) is 14.5. The van der Waals surface area contributed by atoms with Gasteiger partial charge in [-0.1, -0.05) is 0 Å². The van der Waals surface area contributed by atoms with Crippen LogP contribution in [0.3, 0.4) is 0 Å². The maximum Gasteiger partial charge on any atom is 0.216 e. The maximum absolute atomic E-state index is 11.2. The van der Waals surface area contributed by atoms with E-state index in [1.54, 1.807) is 20.8 Å². The van der Waals surface area contributed by atoms with E-state index in [1.807, 2.05) is 0 Å². The summed E-state index contributed by atoms with van der Waals surface area (Å²) in [7, 11) is 0. The monoisotopic (exact) mass is 333 g/mol. The standard InChI is InChI=1S/C18H27N3O3/c1-7(22)19-4-10-13-14(10)16-12(6-21-9(3)24)18(16)17-11(15(13)17)5-20-8(2)23/h10-18H,4-6H2,1-3H3,(H,19,22)(H,20,23)(H,21,24). The molecule has 0 aromatic carbocycles. The Morgan fingerprint density at radius 1 is 0.542 bits per heavy atom. The first-order valence-corrected chi connectivity index (χ1v) is 9.15. The number of amides is 3. The van der Waals surface area contributed by atoms with Gasteiger partial charge in [0.2, 0.25) is 17.7 Å². The first kappa shape index (κ1) is 15.9. The molecule has 4 saturated carbocycles. The average molecular weight is 333 g/mol. The van der Waals surface area contributed by atoms with Crippen LogP contribution in [0.5, 0.6) is 0 Å². The average Bonchev–Trinajstić information content (AvgIpc) is 3.36. The molecule has 3 N–H and O–H groups in total. The number of nitrogens with one attached hydrogen (secondary N) is 3. The summed E-state index contributed by atoms with van der Waals surface area (Å²) in [6.07, 6.45) is 0. The Balaban J connectivity index is 1.42. The van der Waals surface area contributed by atoms with E-state index in [0.29, 0.717) is 53.3 Å². The molecule has 132 valence electrons. The van der Waals surface area contributed by atoms with Crippen LogP contribution >= 0.6 is 0 Å². The Kier molecular flexibility index (Phi) is 3.62. The quantitative estimate of drug-likeness (QED) is 0.639. The molecule has 3 amide bonds. The van der Waals surface area contributed by atoms with Crippen molar-refractivity contribution in [2.45, 2.75) is 20.8 Å². The molecule has 4 rings (SSSR count). The van der Waals surface area contributed by atoms with Crippen molar-refractivity contribution in [3.05, 3.63) is 0 Å². The lowest BCUT2D eigenvalue weighted by atomic mass is 10.0. The van der Waals surface area contributed by atoms with Crippen LogP contribution in [0.15, 0.2) is 0 Å². The van der Waals surface area contributed by atoms with E-state index in [2.05, 4.69) is 16.0 Å². The molecule has 6 nitrogen and oxygen atoms in total. The summed E-state index contributed by atoms with van der Waals surface area (Å²) in [6.45, 7) is 7.09. The lowest BCUT2D eigenvalue weighted by Crippen LogP contribution is -2.24. The summed E-state index contributed by atoms with van der Waals surface area (Å²) in [5.74, 6) is 6.20. The Morgan fingerprint density at radius 2 is 0.750 bits per heavy atom. The summed E-state index contributed by atoms with van der Waals surface area (Å²) in [5.41, 5.74) is 0. The highest BCUT2D eigenvalue weighted by molar-refractivity contribution is 5.73. The lowest BCUT2D eigenvalue weighted by molar-refractivity contribution is -0.119. The first-order valence-electron chi connectivity index (χ1n) is 9.15. The Labute approximate surface area is 142 Å². The van der Waals surface area contributed by atoms with Crippen LogP contribution in [0.1, 0.15) is 20.8 Å². The molecule has 4 aliphatic rings. The number of fused-ring (bicyclic) bond motifs is 6. The van der Waals surface area contributed by atoms with Crippen molar-refractivity contribution in [1.29, 1.82) is 0 Å². The fraction of sp³-hybridized carbons (Fsp3) is 0.833. The second-order valence-electron chi connectivity index (χ2n) is 8.27. The van der Waals surface area contributed by atoms with E-state index >= 15 is 0 Å². The Bertz CT molecular complexity index is 475. The molecule has 6 heteroatoms. The number of carbonyl (C=O) groups is 3. The van der Waals surface area contributed by atoms with Gasteiger partial charge in [0.25, 0.3) is 0 Å². The van der Waals surface area contributed by atoms with Crippen LogP contribution in [-0.4, -0.2) is 37.4 Å². The van der Waals surface area contributed by atoms with Gasteiger partial charge in [0.1, 0.15) is 0 Å². The van der Waals surface area contributed by atoms with Gasteiger partial charge in [-0.3, -0.25) is 14.4 Å². The van der Waals surface area contributed by atoms with Crippen molar-refractivity contribution in [2.75, 3.05) is 19.6 Å². The SMILES string of the molecule is CC(=O)NCC1C2C3C(CNC(C)=O)C3C3C(CNC(C)=O)C3C12. The van der Waals surface area contributed by atoms with Crippen LogP contribution in [0.25, 0.3) is 0 Å². The van der Waals surface area contributed by atoms with Crippen LogP contribution in [-0.2, 0) is 14.4 Å². The van der Waals surface area contributed by atoms with Crippen LogP contribution in [0.2, 0.25) is 0 Å². The minimum absolute atomic E-state index is 0.0444. The fourth-order valence-corrected chi connectivity index (χ4v) is 6.14. The molecule has 0 aromatic heterocycles. The molecule has 0 unspecified atom stereocenters. The summed E-state index contributed by atoms with van der Waals surface area (Å²) in [6, 6.07) is 0. The predicted molar refractivity (Wildman–Crippen MR) is 87.5 cm³/mol. The van der Waals surface area contributed by atoms with Crippen molar-refractivity contribution in [1.82, 2.24) is 16.0 Å². The summed E-state index contributed by atoms with van der Waals surface area (Å²) in [4.78, 5) is 33.7. The third-order valence-corrected chi connectivity index (χ3v) is 6.97. The molecule has 0 aliphatic heterocycles. The summed E-state index contributed by atoms with van der Waals surface area (Å²) in [5, 5.41) is 8.98. The zero-order valence-corrected chi connectivity index (χ0v) is 14.5. The highest BCUT2D eigenvalue weighted by Crippen LogP contribution is 2.83. The fourth-order valence-electron chi connectivity index (χ4n) is 6.14. The zero-order chi connectivity index (χ0) is 17.2. The maximum atomic E-state index is 11.2. The van der Waals surface area contributed by atoms with Crippen molar-refractivity contribution in [3.8, 4) is 0 Å². The normalized spacial score (nSPS) is 45.9. The molecule has 0 spiro atoms. The molecule has 4 fully saturated rings. The summed E-state index contributed by atoms with van der Waals surface area (Å²) >= 11 is 0. The van der Waals surface area contributed by atoms with Crippen LogP contribution in [0.4, 0.5) is 0 Å². The molecular formula is C18H27N3O3. The molecule has 0 aromatic rings. The van der Waals surface area contributed by atoms with Crippen molar-refractivity contribution >= 4 is 17.7 Å². The van der Waals surface area contributed by atoms with Crippen molar-refractivity contribution < 1.29 is 14.4 Å². The van der Waals surface area contributed by atoms with Gasteiger partial charge in [-0.25, -0.2) is 0 Å². The van der Waals surface area contributed by atoms with E-state index in [4.69, 9.17) is 0 Å².